The summed E-state index contributed by atoms with van der Waals surface area (Å²) in [5.41, 5.74) is 2.62. The third kappa shape index (κ3) is 4.59. The average molecular weight is 440 g/mol. The van der Waals surface area contributed by atoms with E-state index in [1.165, 1.54) is 19.2 Å². The summed E-state index contributed by atoms with van der Waals surface area (Å²) >= 11 is 6.00. The van der Waals surface area contributed by atoms with Crippen molar-refractivity contribution in [3.63, 3.8) is 0 Å². The summed E-state index contributed by atoms with van der Waals surface area (Å²) in [5, 5.41) is 6.02. The van der Waals surface area contributed by atoms with Crippen molar-refractivity contribution in [2.75, 3.05) is 19.0 Å². The number of carbonyl (C=O) groups is 1. The second-order valence-corrected chi connectivity index (χ2v) is 7.10. The van der Waals surface area contributed by atoms with Gasteiger partial charge in [0.25, 0.3) is 0 Å². The Kier molecular flexibility index (Phi) is 5.99. The van der Waals surface area contributed by atoms with Gasteiger partial charge in [0.2, 0.25) is 0 Å². The van der Waals surface area contributed by atoms with Crippen molar-refractivity contribution >= 4 is 34.5 Å². The molecule has 4 rings (SSSR count). The summed E-state index contributed by atoms with van der Waals surface area (Å²) in [6, 6.07) is 14.3. The van der Waals surface area contributed by atoms with Crippen LogP contribution in [0.25, 0.3) is 22.6 Å². The van der Waals surface area contributed by atoms with Gasteiger partial charge < -0.3 is 19.9 Å². The zero-order valence-electron chi connectivity index (χ0n) is 16.6. The highest BCUT2D eigenvalue weighted by atomic mass is 35.5. The molecule has 0 fully saturated rings. The molecule has 0 saturated heterocycles. The number of fused-ring (bicyclic) bond motifs is 1. The van der Waals surface area contributed by atoms with Gasteiger partial charge >= 0.3 is 6.03 Å². The summed E-state index contributed by atoms with van der Waals surface area (Å²) in [5.74, 6) is 0.828. The van der Waals surface area contributed by atoms with Crippen molar-refractivity contribution in [3.05, 3.63) is 71.6 Å². The Hall–Kier alpha value is -3.65. The van der Waals surface area contributed by atoms with Crippen LogP contribution in [-0.4, -0.2) is 34.2 Å². The van der Waals surface area contributed by atoms with E-state index in [1.54, 1.807) is 42.6 Å². The zero-order chi connectivity index (χ0) is 21.8. The van der Waals surface area contributed by atoms with Gasteiger partial charge in [0.15, 0.2) is 5.65 Å². The maximum Gasteiger partial charge on any atom is 0.319 e. The first kappa shape index (κ1) is 20.6. The van der Waals surface area contributed by atoms with E-state index in [9.17, 15) is 9.18 Å². The Balaban J connectivity index is 1.50. The van der Waals surface area contributed by atoms with Crippen LogP contribution >= 0.6 is 11.6 Å². The molecule has 0 spiro atoms. The topological polar surface area (TPSA) is 81.1 Å². The van der Waals surface area contributed by atoms with Crippen LogP contribution in [0.5, 0.6) is 5.75 Å². The maximum absolute atomic E-state index is 13.3. The molecule has 31 heavy (non-hydrogen) atoms. The minimum atomic E-state index is -0.402. The number of aromatic nitrogens is 3. The molecule has 2 aromatic carbocycles. The molecule has 0 bridgehead atoms. The molecule has 0 radical (unpaired) electrons. The number of hydrogen-bond donors (Lipinski definition) is 2. The van der Waals surface area contributed by atoms with E-state index < -0.39 is 6.03 Å². The molecule has 2 heterocycles. The lowest BCUT2D eigenvalue weighted by Crippen LogP contribution is -2.31. The van der Waals surface area contributed by atoms with E-state index in [0.29, 0.717) is 41.0 Å². The van der Waals surface area contributed by atoms with Crippen molar-refractivity contribution in [2.24, 2.45) is 0 Å². The molecule has 0 unspecified atom stereocenters. The highest BCUT2D eigenvalue weighted by Gasteiger charge is 2.14. The predicted octanol–water partition coefficient (Wildman–Crippen LogP) is 4.72. The fraction of sp³-hybridized carbons (Fsp3) is 0.136. The van der Waals surface area contributed by atoms with Gasteiger partial charge in [-0.15, -0.1) is 0 Å². The molecular formula is C22H19ClFN5O2. The van der Waals surface area contributed by atoms with Crippen molar-refractivity contribution in [2.45, 2.75) is 6.54 Å². The summed E-state index contributed by atoms with van der Waals surface area (Å²) in [6.45, 7) is 0.727. The number of amides is 2. The predicted molar refractivity (Wildman–Crippen MR) is 118 cm³/mol. The van der Waals surface area contributed by atoms with Gasteiger partial charge in [-0.2, -0.15) is 0 Å². The molecule has 0 atom stereocenters. The van der Waals surface area contributed by atoms with E-state index in [1.807, 2.05) is 10.6 Å². The number of carbonyl (C=O) groups excluding carboxylic acids is 1. The quantitative estimate of drug-likeness (QED) is 0.455. The van der Waals surface area contributed by atoms with Crippen LogP contribution in [0.4, 0.5) is 14.9 Å². The molecule has 0 aliphatic rings. The minimum absolute atomic E-state index is 0.310. The number of methoxy groups -OCH3 is 1. The number of ether oxygens (including phenoxy) is 1. The van der Waals surface area contributed by atoms with Crippen LogP contribution in [0, 0.1) is 5.82 Å². The Morgan fingerprint density at radius 1 is 1.19 bits per heavy atom. The molecule has 7 nitrogen and oxygen atoms in total. The van der Waals surface area contributed by atoms with E-state index in [-0.39, 0.29) is 5.82 Å². The molecule has 0 saturated carbocycles. The smallest absolute Gasteiger partial charge is 0.319 e. The van der Waals surface area contributed by atoms with Crippen LogP contribution in [0.15, 0.2) is 60.8 Å². The standard InChI is InChI=1S/C22H19ClFN5O2/c1-31-19-9-6-15(23)13-18(19)28-22(30)26-11-12-29-20(14-4-7-16(24)8-5-14)27-17-3-2-10-25-21(17)29/h2-10,13H,11-12H2,1H3,(H2,26,28,30). The van der Waals surface area contributed by atoms with Gasteiger partial charge in [0.05, 0.1) is 12.8 Å². The lowest BCUT2D eigenvalue weighted by molar-refractivity contribution is 0.251. The van der Waals surface area contributed by atoms with Crippen LogP contribution in [0.2, 0.25) is 5.02 Å². The molecule has 9 heteroatoms. The first-order valence-corrected chi connectivity index (χ1v) is 9.88. The maximum atomic E-state index is 13.3. The fourth-order valence-electron chi connectivity index (χ4n) is 3.22. The van der Waals surface area contributed by atoms with Crippen LogP contribution < -0.4 is 15.4 Å². The molecule has 0 aliphatic carbocycles. The number of nitrogens with zero attached hydrogens (tertiary/aromatic N) is 3. The Morgan fingerprint density at radius 3 is 2.77 bits per heavy atom. The number of nitrogens with one attached hydrogen (secondary N) is 2. The first-order chi connectivity index (χ1) is 15.0. The molecule has 0 aliphatic heterocycles. The lowest BCUT2D eigenvalue weighted by Gasteiger charge is -2.13. The number of imidazole rings is 1. The summed E-state index contributed by atoms with van der Waals surface area (Å²) in [6.07, 6.45) is 1.68. The average Bonchev–Trinajstić information content (AvgIpc) is 3.13. The highest BCUT2D eigenvalue weighted by Crippen LogP contribution is 2.27. The molecule has 2 aromatic heterocycles. The van der Waals surface area contributed by atoms with E-state index in [2.05, 4.69) is 20.6 Å². The van der Waals surface area contributed by atoms with Crippen LogP contribution in [0.1, 0.15) is 0 Å². The Labute approximate surface area is 182 Å². The third-order valence-corrected chi connectivity index (χ3v) is 4.87. The van der Waals surface area contributed by atoms with Crippen molar-refractivity contribution in [3.8, 4) is 17.1 Å². The van der Waals surface area contributed by atoms with Crippen molar-refractivity contribution in [1.29, 1.82) is 0 Å². The number of hydrogen-bond acceptors (Lipinski definition) is 4. The summed E-state index contributed by atoms with van der Waals surface area (Å²) in [7, 11) is 1.51. The van der Waals surface area contributed by atoms with E-state index in [0.717, 1.165) is 11.1 Å². The Morgan fingerprint density at radius 2 is 2.00 bits per heavy atom. The third-order valence-electron chi connectivity index (χ3n) is 4.64. The summed E-state index contributed by atoms with van der Waals surface area (Å²) < 4.78 is 20.5. The van der Waals surface area contributed by atoms with Gasteiger partial charge in [-0.1, -0.05) is 11.6 Å². The summed E-state index contributed by atoms with van der Waals surface area (Å²) in [4.78, 5) is 21.4. The van der Waals surface area contributed by atoms with Gasteiger partial charge in [0.1, 0.15) is 22.9 Å². The van der Waals surface area contributed by atoms with Crippen LogP contribution in [0.3, 0.4) is 0 Å². The van der Waals surface area contributed by atoms with E-state index in [4.69, 9.17) is 16.3 Å². The van der Waals surface area contributed by atoms with Crippen molar-refractivity contribution < 1.29 is 13.9 Å². The molecule has 158 valence electrons. The largest absolute Gasteiger partial charge is 0.495 e. The number of rotatable bonds is 6. The molecule has 4 aromatic rings. The number of anilines is 1. The zero-order valence-corrected chi connectivity index (χ0v) is 17.4. The first-order valence-electron chi connectivity index (χ1n) is 9.51. The molecule has 2 N–H and O–H groups in total. The minimum Gasteiger partial charge on any atom is -0.495 e. The monoisotopic (exact) mass is 439 g/mol. The number of urea groups is 1. The molecule has 2 amide bonds. The van der Waals surface area contributed by atoms with Gasteiger partial charge in [-0.25, -0.2) is 19.2 Å². The second kappa shape index (κ2) is 9.01. The number of halogens is 2. The number of pyridine rings is 1. The molecular weight excluding hydrogens is 421 g/mol. The number of benzene rings is 2. The van der Waals surface area contributed by atoms with Crippen LogP contribution in [-0.2, 0) is 6.54 Å². The van der Waals surface area contributed by atoms with E-state index >= 15 is 0 Å². The SMILES string of the molecule is COc1ccc(Cl)cc1NC(=O)NCCn1c(-c2ccc(F)cc2)nc2cccnc21. The van der Waals surface area contributed by atoms with Gasteiger partial charge in [0, 0.05) is 29.9 Å². The highest BCUT2D eigenvalue weighted by molar-refractivity contribution is 6.31. The second-order valence-electron chi connectivity index (χ2n) is 6.67. The van der Waals surface area contributed by atoms with Crippen molar-refractivity contribution in [1.82, 2.24) is 19.9 Å². The van der Waals surface area contributed by atoms with Gasteiger partial charge in [-0.05, 0) is 54.6 Å². The lowest BCUT2D eigenvalue weighted by atomic mass is 10.2. The normalized spacial score (nSPS) is 10.8. The fourth-order valence-corrected chi connectivity index (χ4v) is 3.39. The van der Waals surface area contributed by atoms with Gasteiger partial charge in [-0.3, -0.25) is 0 Å². The Bertz CT molecular complexity index is 1230.